The Morgan fingerprint density at radius 2 is 2.05 bits per heavy atom. The first-order chi connectivity index (χ1) is 9.43. The number of carbonyl (C=O) groups excluding carboxylic acids is 1. The van der Waals surface area contributed by atoms with Crippen molar-refractivity contribution in [3.8, 4) is 0 Å². The highest BCUT2D eigenvalue weighted by molar-refractivity contribution is 5.97. The normalized spacial score (nSPS) is 11.0. The lowest BCUT2D eigenvalue weighted by Crippen LogP contribution is -2.36. The van der Waals surface area contributed by atoms with Crippen molar-refractivity contribution in [2.75, 3.05) is 0 Å². The molecule has 106 valence electrons. The Morgan fingerprint density at radius 3 is 2.65 bits per heavy atom. The number of benzene rings is 1. The summed E-state index contributed by atoms with van der Waals surface area (Å²) in [5.41, 5.74) is 0.273. The van der Waals surface area contributed by atoms with Crippen molar-refractivity contribution in [3.05, 3.63) is 44.5 Å². The van der Waals surface area contributed by atoms with Gasteiger partial charge in [0.05, 0.1) is 11.0 Å². The lowest BCUT2D eigenvalue weighted by molar-refractivity contribution is 0.0943. The summed E-state index contributed by atoms with van der Waals surface area (Å²) in [7, 11) is 0. The zero-order chi connectivity index (χ0) is 14.9. The Kier molecular flexibility index (Phi) is 3.74. The molecule has 0 aliphatic carbocycles. The number of nitrogens with zero attached hydrogens (tertiary/aromatic N) is 1. The Bertz CT molecular complexity index is 771. The Morgan fingerprint density at radius 1 is 1.35 bits per heavy atom. The minimum absolute atomic E-state index is 0.0295. The van der Waals surface area contributed by atoms with Crippen LogP contribution < -0.4 is 16.4 Å². The number of fused-ring (bicyclic) bond motifs is 1. The molecule has 1 aromatic heterocycles. The summed E-state index contributed by atoms with van der Waals surface area (Å²) in [6.45, 7) is 5.93. The zero-order valence-electron chi connectivity index (χ0n) is 11.7. The summed E-state index contributed by atoms with van der Waals surface area (Å²) >= 11 is 0. The summed E-state index contributed by atoms with van der Waals surface area (Å²) in [6, 6.07) is 4.93. The lowest BCUT2D eigenvalue weighted by Gasteiger charge is -2.10. The molecule has 20 heavy (non-hydrogen) atoms. The molecular formula is C14H17N3O3. The number of aryl methyl sites for hydroxylation is 1. The number of nitrogens with one attached hydrogen (secondary N) is 2. The molecule has 0 fully saturated rings. The van der Waals surface area contributed by atoms with Crippen LogP contribution in [0.3, 0.4) is 0 Å². The van der Waals surface area contributed by atoms with E-state index in [-0.39, 0.29) is 11.9 Å². The summed E-state index contributed by atoms with van der Waals surface area (Å²) in [4.78, 5) is 37.7. The van der Waals surface area contributed by atoms with Crippen LogP contribution in [0.2, 0.25) is 0 Å². The maximum absolute atomic E-state index is 11.9. The molecule has 6 nitrogen and oxygen atoms in total. The van der Waals surface area contributed by atoms with Crippen LogP contribution in [-0.4, -0.2) is 21.5 Å². The molecular weight excluding hydrogens is 258 g/mol. The van der Waals surface area contributed by atoms with Crippen LogP contribution in [0, 0.1) is 0 Å². The van der Waals surface area contributed by atoms with Crippen molar-refractivity contribution in [1.82, 2.24) is 14.9 Å². The van der Waals surface area contributed by atoms with Gasteiger partial charge in [0.15, 0.2) is 0 Å². The van der Waals surface area contributed by atoms with Crippen molar-refractivity contribution >= 4 is 16.9 Å². The number of aromatic nitrogens is 2. The Labute approximate surface area is 115 Å². The topological polar surface area (TPSA) is 84.0 Å². The van der Waals surface area contributed by atoms with E-state index >= 15 is 0 Å². The largest absolute Gasteiger partial charge is 0.350 e. The molecule has 0 bridgehead atoms. The molecule has 0 aliphatic rings. The van der Waals surface area contributed by atoms with Gasteiger partial charge in [-0.15, -0.1) is 0 Å². The van der Waals surface area contributed by atoms with Gasteiger partial charge >= 0.3 is 11.1 Å². The van der Waals surface area contributed by atoms with Gasteiger partial charge in [-0.25, -0.2) is 0 Å². The first kappa shape index (κ1) is 14.0. The molecule has 1 heterocycles. The summed E-state index contributed by atoms with van der Waals surface area (Å²) in [5, 5.41) is 2.78. The Balaban J connectivity index is 2.61. The van der Waals surface area contributed by atoms with Crippen LogP contribution in [0.15, 0.2) is 27.8 Å². The van der Waals surface area contributed by atoms with E-state index in [9.17, 15) is 14.4 Å². The lowest BCUT2D eigenvalue weighted by atomic mass is 10.1. The number of rotatable bonds is 3. The number of hydrogen-bond donors (Lipinski definition) is 2. The van der Waals surface area contributed by atoms with E-state index < -0.39 is 11.1 Å². The van der Waals surface area contributed by atoms with E-state index in [1.54, 1.807) is 25.1 Å². The SMILES string of the molecule is CCn1c(=O)c(=O)[nH]c2cc(C(=O)NC(C)C)ccc21. The van der Waals surface area contributed by atoms with E-state index in [0.29, 0.717) is 23.1 Å². The number of carbonyl (C=O) groups is 1. The van der Waals surface area contributed by atoms with Crippen molar-refractivity contribution < 1.29 is 4.79 Å². The summed E-state index contributed by atoms with van der Waals surface area (Å²) in [5.74, 6) is -0.211. The second-order valence-corrected chi connectivity index (χ2v) is 4.86. The molecule has 1 aromatic carbocycles. The molecule has 2 aromatic rings. The predicted octanol–water partition coefficient (Wildman–Crippen LogP) is 0.848. The van der Waals surface area contributed by atoms with Gasteiger partial charge in [-0.3, -0.25) is 14.4 Å². The quantitative estimate of drug-likeness (QED) is 0.814. The minimum Gasteiger partial charge on any atom is -0.350 e. The van der Waals surface area contributed by atoms with Crippen LogP contribution >= 0.6 is 0 Å². The summed E-state index contributed by atoms with van der Waals surface area (Å²) < 4.78 is 1.39. The fourth-order valence-corrected chi connectivity index (χ4v) is 2.08. The third-order valence-corrected chi connectivity index (χ3v) is 2.97. The van der Waals surface area contributed by atoms with Crippen molar-refractivity contribution in [2.45, 2.75) is 33.4 Å². The van der Waals surface area contributed by atoms with Crippen molar-refractivity contribution in [1.29, 1.82) is 0 Å². The maximum atomic E-state index is 11.9. The smallest absolute Gasteiger partial charge is 0.316 e. The first-order valence-electron chi connectivity index (χ1n) is 6.51. The van der Waals surface area contributed by atoms with Gasteiger partial charge in [0, 0.05) is 18.2 Å². The van der Waals surface area contributed by atoms with Crippen LogP contribution in [0.5, 0.6) is 0 Å². The van der Waals surface area contributed by atoms with Crippen LogP contribution in [-0.2, 0) is 6.54 Å². The second kappa shape index (κ2) is 5.32. The molecule has 0 aliphatic heterocycles. The molecule has 6 heteroatoms. The fourth-order valence-electron chi connectivity index (χ4n) is 2.08. The molecule has 0 unspecified atom stereocenters. The van der Waals surface area contributed by atoms with Gasteiger partial charge < -0.3 is 14.9 Å². The van der Waals surface area contributed by atoms with Crippen molar-refractivity contribution in [2.24, 2.45) is 0 Å². The standard InChI is InChI=1S/C14H17N3O3/c1-4-17-11-6-5-9(12(18)15-8(2)3)7-10(11)16-13(19)14(17)20/h5-8H,4H2,1-3H3,(H,15,18)(H,16,19). The summed E-state index contributed by atoms with van der Waals surface area (Å²) in [6.07, 6.45) is 0. The molecule has 1 amide bonds. The molecule has 0 saturated heterocycles. The number of aromatic amines is 1. The second-order valence-electron chi connectivity index (χ2n) is 4.86. The van der Waals surface area contributed by atoms with Gasteiger partial charge in [-0.05, 0) is 39.0 Å². The monoisotopic (exact) mass is 275 g/mol. The highest BCUT2D eigenvalue weighted by atomic mass is 16.2. The number of hydrogen-bond acceptors (Lipinski definition) is 3. The van der Waals surface area contributed by atoms with Gasteiger partial charge in [0.25, 0.3) is 5.91 Å². The minimum atomic E-state index is -0.680. The van der Waals surface area contributed by atoms with Crippen LogP contribution in [0.4, 0.5) is 0 Å². The molecule has 0 saturated carbocycles. The number of amides is 1. The van der Waals surface area contributed by atoms with Gasteiger partial charge in [0.1, 0.15) is 0 Å². The molecule has 2 rings (SSSR count). The third kappa shape index (κ3) is 2.49. The highest BCUT2D eigenvalue weighted by Crippen LogP contribution is 2.11. The number of H-pyrrole nitrogens is 1. The third-order valence-electron chi connectivity index (χ3n) is 2.97. The van der Waals surface area contributed by atoms with Crippen LogP contribution in [0.25, 0.3) is 11.0 Å². The first-order valence-corrected chi connectivity index (χ1v) is 6.51. The van der Waals surface area contributed by atoms with Gasteiger partial charge in [-0.2, -0.15) is 0 Å². The highest BCUT2D eigenvalue weighted by Gasteiger charge is 2.11. The van der Waals surface area contributed by atoms with E-state index in [4.69, 9.17) is 0 Å². The average Bonchev–Trinajstić information content (AvgIpc) is 2.39. The van der Waals surface area contributed by atoms with Crippen LogP contribution in [0.1, 0.15) is 31.1 Å². The van der Waals surface area contributed by atoms with E-state index in [0.717, 1.165) is 0 Å². The molecule has 2 N–H and O–H groups in total. The van der Waals surface area contributed by atoms with Gasteiger partial charge in [-0.1, -0.05) is 0 Å². The Hall–Kier alpha value is -2.37. The maximum Gasteiger partial charge on any atom is 0.316 e. The van der Waals surface area contributed by atoms with Crippen molar-refractivity contribution in [3.63, 3.8) is 0 Å². The zero-order valence-corrected chi connectivity index (χ0v) is 11.7. The molecule has 0 atom stereocenters. The fraction of sp³-hybridized carbons (Fsp3) is 0.357. The van der Waals surface area contributed by atoms with E-state index in [1.807, 2.05) is 13.8 Å². The average molecular weight is 275 g/mol. The molecule has 0 radical (unpaired) electrons. The predicted molar refractivity (Wildman–Crippen MR) is 77.1 cm³/mol. The van der Waals surface area contributed by atoms with E-state index in [2.05, 4.69) is 10.3 Å². The molecule has 0 spiro atoms. The van der Waals surface area contributed by atoms with Gasteiger partial charge in [0.2, 0.25) is 0 Å². The van der Waals surface area contributed by atoms with E-state index in [1.165, 1.54) is 4.57 Å².